The van der Waals surface area contributed by atoms with Gasteiger partial charge in [-0.3, -0.25) is 14.5 Å². The Bertz CT molecular complexity index is 979. The van der Waals surface area contributed by atoms with E-state index in [4.69, 9.17) is 9.47 Å². The van der Waals surface area contributed by atoms with E-state index in [2.05, 4.69) is 22.6 Å². The van der Waals surface area contributed by atoms with Gasteiger partial charge in [0.05, 0.1) is 15.1 Å². The molecule has 0 atom stereocenters. The first-order valence-corrected chi connectivity index (χ1v) is 10.9. The van der Waals surface area contributed by atoms with Crippen LogP contribution in [0, 0.1) is 9.39 Å². The van der Waals surface area contributed by atoms with Gasteiger partial charge in [-0.15, -0.1) is 0 Å². The molecule has 0 unspecified atom stereocenters. The lowest BCUT2D eigenvalue weighted by molar-refractivity contribution is -0.122. The molecular formula is C21H19FINO4S. The average molecular weight is 527 g/mol. The number of hydrogen-bond donors (Lipinski definition) is 0. The number of amides is 2. The minimum atomic E-state index is -0.317. The van der Waals surface area contributed by atoms with Gasteiger partial charge in [0, 0.05) is 6.54 Å². The van der Waals surface area contributed by atoms with Crippen LogP contribution in [0.15, 0.2) is 41.3 Å². The lowest BCUT2D eigenvalue weighted by Gasteiger charge is -2.15. The third kappa shape index (κ3) is 5.11. The van der Waals surface area contributed by atoms with E-state index in [1.807, 2.05) is 13.0 Å². The van der Waals surface area contributed by atoms with Crippen molar-refractivity contribution in [1.82, 2.24) is 4.90 Å². The smallest absolute Gasteiger partial charge is 0.293 e. The van der Waals surface area contributed by atoms with Crippen LogP contribution in [0.4, 0.5) is 9.18 Å². The summed E-state index contributed by atoms with van der Waals surface area (Å²) in [6.07, 6.45) is 1.68. The van der Waals surface area contributed by atoms with Gasteiger partial charge in [0.2, 0.25) is 0 Å². The van der Waals surface area contributed by atoms with Crippen molar-refractivity contribution in [3.05, 3.63) is 61.8 Å². The number of carbonyl (C=O) groups is 2. The predicted octanol–water partition coefficient (Wildman–Crippen LogP) is 5.46. The minimum absolute atomic E-state index is 0.197. The third-order valence-corrected chi connectivity index (χ3v) is 5.80. The van der Waals surface area contributed by atoms with Crippen LogP contribution in [0.3, 0.4) is 0 Å². The number of ether oxygens (including phenoxy) is 2. The molecule has 2 amide bonds. The predicted molar refractivity (Wildman–Crippen MR) is 119 cm³/mol. The minimum Gasteiger partial charge on any atom is -0.490 e. The lowest BCUT2D eigenvalue weighted by Crippen LogP contribution is -2.27. The topological polar surface area (TPSA) is 55.8 Å². The fraction of sp³-hybridized carbons (Fsp3) is 0.238. The number of rotatable bonds is 7. The summed E-state index contributed by atoms with van der Waals surface area (Å²) in [6.45, 7) is 4.60. The maximum absolute atomic E-state index is 13.4. The van der Waals surface area contributed by atoms with Gasteiger partial charge in [0.15, 0.2) is 11.5 Å². The molecule has 0 radical (unpaired) electrons. The van der Waals surface area contributed by atoms with Gasteiger partial charge in [-0.05, 0) is 89.7 Å². The number of hydrogen-bond acceptors (Lipinski definition) is 5. The van der Waals surface area contributed by atoms with E-state index in [9.17, 15) is 14.0 Å². The zero-order chi connectivity index (χ0) is 21.0. The molecule has 0 bridgehead atoms. The van der Waals surface area contributed by atoms with E-state index in [0.717, 1.165) is 20.9 Å². The molecule has 2 aromatic rings. The SMILES string of the molecule is CCOc1cc(/C=C2/SC(=O)N(CC)C2=O)cc(I)c1OCc1cccc(F)c1. The normalized spacial score (nSPS) is 15.3. The molecule has 0 aromatic heterocycles. The first-order chi connectivity index (χ1) is 13.9. The van der Waals surface area contributed by atoms with E-state index in [1.54, 1.807) is 31.2 Å². The van der Waals surface area contributed by atoms with Crippen molar-refractivity contribution >= 4 is 51.6 Å². The van der Waals surface area contributed by atoms with Crippen LogP contribution in [0.1, 0.15) is 25.0 Å². The van der Waals surface area contributed by atoms with Gasteiger partial charge in [-0.2, -0.15) is 0 Å². The van der Waals surface area contributed by atoms with Gasteiger partial charge >= 0.3 is 0 Å². The van der Waals surface area contributed by atoms with Gasteiger partial charge in [0.1, 0.15) is 12.4 Å². The summed E-state index contributed by atoms with van der Waals surface area (Å²) in [4.78, 5) is 25.8. The number of likely N-dealkylation sites (N-methyl/N-ethyl adjacent to an activating group) is 1. The average Bonchev–Trinajstić information content (AvgIpc) is 2.94. The molecule has 1 heterocycles. The standard InChI is InChI=1S/C21H19FINO4S/c1-3-24-20(25)18(29-21(24)26)11-14-9-16(23)19(17(10-14)27-4-2)28-12-13-6-5-7-15(22)8-13/h5-11H,3-4,12H2,1-2H3/b18-11+. The zero-order valence-electron chi connectivity index (χ0n) is 15.9. The van der Waals surface area contributed by atoms with Crippen LogP contribution >= 0.6 is 34.4 Å². The van der Waals surface area contributed by atoms with Gasteiger partial charge < -0.3 is 9.47 Å². The molecule has 0 aliphatic carbocycles. The van der Waals surface area contributed by atoms with Crippen molar-refractivity contribution < 1.29 is 23.5 Å². The quantitative estimate of drug-likeness (QED) is 0.354. The van der Waals surface area contributed by atoms with E-state index >= 15 is 0 Å². The molecule has 1 saturated heterocycles. The van der Waals surface area contributed by atoms with Gasteiger partial charge in [-0.1, -0.05) is 12.1 Å². The third-order valence-electron chi connectivity index (χ3n) is 4.09. The molecule has 29 heavy (non-hydrogen) atoms. The first kappa shape index (κ1) is 21.6. The van der Waals surface area contributed by atoms with Gasteiger partial charge in [0.25, 0.3) is 11.1 Å². The van der Waals surface area contributed by atoms with Crippen molar-refractivity contribution in [2.45, 2.75) is 20.5 Å². The molecule has 152 valence electrons. The number of nitrogens with zero attached hydrogens (tertiary/aromatic N) is 1. The number of imide groups is 1. The van der Waals surface area contributed by atoms with E-state index < -0.39 is 0 Å². The molecule has 0 saturated carbocycles. The molecule has 5 nitrogen and oxygen atoms in total. The summed E-state index contributed by atoms with van der Waals surface area (Å²) in [5.74, 6) is 0.469. The van der Waals surface area contributed by atoms with E-state index in [-0.39, 0.29) is 23.6 Å². The number of halogens is 2. The fourth-order valence-corrected chi connectivity index (χ4v) is 4.46. The molecule has 0 N–H and O–H groups in total. The number of thioether (sulfide) groups is 1. The Labute approximate surface area is 186 Å². The summed E-state index contributed by atoms with van der Waals surface area (Å²) >= 11 is 3.06. The van der Waals surface area contributed by atoms with Crippen molar-refractivity contribution in [1.29, 1.82) is 0 Å². The Morgan fingerprint density at radius 2 is 1.97 bits per heavy atom. The Balaban J connectivity index is 1.87. The lowest BCUT2D eigenvalue weighted by atomic mass is 10.1. The van der Waals surface area contributed by atoms with Crippen LogP contribution in [0.5, 0.6) is 11.5 Å². The van der Waals surface area contributed by atoms with Gasteiger partial charge in [-0.25, -0.2) is 4.39 Å². The zero-order valence-corrected chi connectivity index (χ0v) is 18.9. The van der Waals surface area contributed by atoms with Crippen molar-refractivity contribution in [3.8, 4) is 11.5 Å². The molecule has 0 spiro atoms. The fourth-order valence-electron chi connectivity index (χ4n) is 2.78. The Kier molecular flexibility index (Phi) is 7.18. The second kappa shape index (κ2) is 9.62. The molecule has 2 aromatic carbocycles. The number of benzene rings is 2. The first-order valence-electron chi connectivity index (χ1n) is 9.01. The second-order valence-electron chi connectivity index (χ2n) is 6.11. The summed E-state index contributed by atoms with van der Waals surface area (Å²) in [6, 6.07) is 9.85. The molecular weight excluding hydrogens is 508 g/mol. The highest BCUT2D eigenvalue weighted by molar-refractivity contribution is 14.1. The van der Waals surface area contributed by atoms with E-state index in [1.165, 1.54) is 17.0 Å². The van der Waals surface area contributed by atoms with Crippen LogP contribution in [0.2, 0.25) is 0 Å². The maximum Gasteiger partial charge on any atom is 0.293 e. The molecule has 1 aliphatic rings. The molecule has 8 heteroatoms. The second-order valence-corrected chi connectivity index (χ2v) is 8.26. The molecule has 3 rings (SSSR count). The Morgan fingerprint density at radius 3 is 2.62 bits per heavy atom. The van der Waals surface area contributed by atoms with Crippen LogP contribution in [-0.4, -0.2) is 29.2 Å². The molecule has 1 fully saturated rings. The van der Waals surface area contributed by atoms with Crippen LogP contribution in [-0.2, 0) is 11.4 Å². The summed E-state index contributed by atoms with van der Waals surface area (Å²) < 4.78 is 25.8. The Hall–Kier alpha value is -2.07. The highest BCUT2D eigenvalue weighted by atomic mass is 127. The van der Waals surface area contributed by atoms with Crippen molar-refractivity contribution in [2.24, 2.45) is 0 Å². The Morgan fingerprint density at radius 1 is 1.17 bits per heavy atom. The van der Waals surface area contributed by atoms with Crippen LogP contribution in [0.25, 0.3) is 6.08 Å². The highest BCUT2D eigenvalue weighted by Gasteiger charge is 2.33. The summed E-state index contributed by atoms with van der Waals surface area (Å²) in [5.41, 5.74) is 1.44. The maximum atomic E-state index is 13.4. The highest BCUT2D eigenvalue weighted by Crippen LogP contribution is 2.37. The summed E-state index contributed by atoms with van der Waals surface area (Å²) in [7, 11) is 0. The van der Waals surface area contributed by atoms with E-state index in [0.29, 0.717) is 35.1 Å². The molecule has 1 aliphatic heterocycles. The number of carbonyl (C=O) groups excluding carboxylic acids is 2. The monoisotopic (exact) mass is 527 g/mol. The summed E-state index contributed by atoms with van der Waals surface area (Å²) in [5, 5.41) is -0.265. The largest absolute Gasteiger partial charge is 0.490 e. The van der Waals surface area contributed by atoms with Crippen molar-refractivity contribution in [3.63, 3.8) is 0 Å². The van der Waals surface area contributed by atoms with Crippen molar-refractivity contribution in [2.75, 3.05) is 13.2 Å². The van der Waals surface area contributed by atoms with Crippen LogP contribution < -0.4 is 9.47 Å².